The van der Waals surface area contributed by atoms with E-state index in [4.69, 9.17) is 0 Å². The molecule has 0 saturated carbocycles. The summed E-state index contributed by atoms with van der Waals surface area (Å²) in [5.74, 6) is 0. The van der Waals surface area contributed by atoms with Crippen molar-refractivity contribution >= 4 is 28.6 Å². The van der Waals surface area contributed by atoms with Gasteiger partial charge in [0.05, 0.1) is 0 Å². The number of thiol groups is 1. The molecular formula is C7H8BrFS. The van der Waals surface area contributed by atoms with E-state index >= 15 is 0 Å². The lowest BCUT2D eigenvalue weighted by Crippen LogP contribution is -1.74. The number of halogens is 2. The Bertz CT molecular complexity index is 205. The van der Waals surface area contributed by atoms with Crippen LogP contribution in [0.5, 0.6) is 0 Å². The molecule has 0 heterocycles. The molecule has 56 valence electrons. The average Bonchev–Trinajstić information content (AvgIpc) is 1.83. The van der Waals surface area contributed by atoms with Crippen LogP contribution in [0.4, 0.5) is 4.70 Å². The molecule has 0 aliphatic heterocycles. The third-order valence-corrected chi connectivity index (χ3v) is 2.75. The van der Waals surface area contributed by atoms with Gasteiger partial charge in [-0.2, -0.15) is 0 Å². The van der Waals surface area contributed by atoms with Gasteiger partial charge in [-0.25, -0.2) is 0 Å². The summed E-state index contributed by atoms with van der Waals surface area (Å²) in [5, 5.41) is 0. The molecule has 0 fully saturated rings. The summed E-state index contributed by atoms with van der Waals surface area (Å²) in [5.41, 5.74) is 1.20. The van der Waals surface area contributed by atoms with Gasteiger partial charge in [0.2, 0.25) is 0 Å². The van der Waals surface area contributed by atoms with E-state index in [1.807, 2.05) is 25.1 Å². The Labute approximate surface area is 73.5 Å². The zero-order chi connectivity index (χ0) is 6.85. The molecule has 1 rings (SSSR count). The van der Waals surface area contributed by atoms with Gasteiger partial charge < -0.3 is 0 Å². The van der Waals surface area contributed by atoms with Crippen molar-refractivity contribution in [3.63, 3.8) is 0 Å². The van der Waals surface area contributed by atoms with E-state index in [9.17, 15) is 0 Å². The van der Waals surface area contributed by atoms with Crippen molar-refractivity contribution in [2.24, 2.45) is 0 Å². The molecule has 0 saturated heterocycles. The van der Waals surface area contributed by atoms with Crippen molar-refractivity contribution in [2.75, 3.05) is 0 Å². The maximum absolute atomic E-state index is 4.26. The van der Waals surface area contributed by atoms with Crippen LogP contribution in [0.3, 0.4) is 0 Å². The minimum Gasteiger partial charge on any atom is -0.269 e. The highest BCUT2D eigenvalue weighted by atomic mass is 79.9. The van der Waals surface area contributed by atoms with Gasteiger partial charge in [0.1, 0.15) is 0 Å². The fourth-order valence-electron chi connectivity index (χ4n) is 0.623. The van der Waals surface area contributed by atoms with Gasteiger partial charge in [-0.15, -0.1) is 12.6 Å². The van der Waals surface area contributed by atoms with E-state index in [1.54, 1.807) is 0 Å². The second-order valence-corrected chi connectivity index (χ2v) is 3.21. The Morgan fingerprint density at radius 3 is 2.40 bits per heavy atom. The monoisotopic (exact) mass is 222 g/mol. The quantitative estimate of drug-likeness (QED) is 0.641. The van der Waals surface area contributed by atoms with E-state index in [2.05, 4.69) is 28.6 Å². The summed E-state index contributed by atoms with van der Waals surface area (Å²) < 4.78 is 1.06. The molecule has 0 spiro atoms. The topological polar surface area (TPSA) is 0 Å². The van der Waals surface area contributed by atoms with Crippen molar-refractivity contribution in [2.45, 2.75) is 11.8 Å². The lowest BCUT2D eigenvalue weighted by atomic mass is 10.2. The molecule has 0 unspecified atom stereocenters. The molecule has 0 radical (unpaired) electrons. The molecule has 0 atom stereocenters. The average molecular weight is 223 g/mol. The van der Waals surface area contributed by atoms with Crippen molar-refractivity contribution < 1.29 is 4.70 Å². The molecule has 0 aliphatic rings. The molecule has 10 heavy (non-hydrogen) atoms. The third-order valence-electron chi connectivity index (χ3n) is 1.19. The Hall–Kier alpha value is -0.0200. The Morgan fingerprint density at radius 2 is 2.00 bits per heavy atom. The lowest BCUT2D eigenvalue weighted by molar-refractivity contribution is 1.11. The van der Waals surface area contributed by atoms with Crippen molar-refractivity contribution in [3.8, 4) is 0 Å². The first-order chi connectivity index (χ1) is 4.22. The molecule has 0 bridgehead atoms. The molecule has 0 N–H and O–H groups in total. The molecule has 3 heteroatoms. The van der Waals surface area contributed by atoms with Gasteiger partial charge in [-0.1, -0.05) is 12.1 Å². The van der Waals surface area contributed by atoms with Crippen LogP contribution in [0.1, 0.15) is 5.56 Å². The van der Waals surface area contributed by atoms with E-state index in [1.165, 1.54) is 5.56 Å². The fraction of sp³-hybridized carbons (Fsp3) is 0.143. The van der Waals surface area contributed by atoms with Gasteiger partial charge in [-0.3, -0.25) is 4.70 Å². The summed E-state index contributed by atoms with van der Waals surface area (Å²) >= 11 is 7.63. The standard InChI is InChI=1S/C7H7BrS.FH/c1-5-3-2-4-6(8)7(5)9;/h2-4,9H,1H3;1H. The van der Waals surface area contributed by atoms with Crippen LogP contribution >= 0.6 is 28.6 Å². The summed E-state index contributed by atoms with van der Waals surface area (Å²) in [7, 11) is 0. The van der Waals surface area contributed by atoms with E-state index in [-0.39, 0.29) is 4.70 Å². The summed E-state index contributed by atoms with van der Waals surface area (Å²) in [6.07, 6.45) is 0. The predicted molar refractivity (Wildman–Crippen MR) is 48.6 cm³/mol. The zero-order valence-electron chi connectivity index (χ0n) is 5.47. The van der Waals surface area contributed by atoms with Crippen molar-refractivity contribution in [1.82, 2.24) is 0 Å². The number of hydrogen-bond donors (Lipinski definition) is 1. The van der Waals surface area contributed by atoms with Gasteiger partial charge in [0, 0.05) is 9.37 Å². The highest BCUT2D eigenvalue weighted by Gasteiger charge is 1.94. The summed E-state index contributed by atoms with van der Waals surface area (Å²) in [4.78, 5) is 1.03. The van der Waals surface area contributed by atoms with E-state index in [0.717, 1.165) is 9.37 Å². The van der Waals surface area contributed by atoms with Crippen LogP contribution < -0.4 is 0 Å². The van der Waals surface area contributed by atoms with E-state index in [0.29, 0.717) is 0 Å². The first-order valence-electron chi connectivity index (χ1n) is 2.66. The van der Waals surface area contributed by atoms with Crippen molar-refractivity contribution in [3.05, 3.63) is 28.2 Å². The largest absolute Gasteiger partial charge is 0.269 e. The van der Waals surface area contributed by atoms with Crippen LogP contribution in [0.25, 0.3) is 0 Å². The molecule has 1 aromatic rings. The number of hydrogen-bond acceptors (Lipinski definition) is 1. The SMILES string of the molecule is Cc1cccc(Br)c1S.F. The highest BCUT2D eigenvalue weighted by molar-refractivity contribution is 9.10. The lowest BCUT2D eigenvalue weighted by Gasteiger charge is -1.98. The second-order valence-electron chi connectivity index (χ2n) is 1.91. The molecule has 0 aliphatic carbocycles. The Balaban J connectivity index is 0.000000810. The van der Waals surface area contributed by atoms with Gasteiger partial charge in [0.25, 0.3) is 0 Å². The fourth-order valence-corrected chi connectivity index (χ4v) is 1.24. The zero-order valence-corrected chi connectivity index (χ0v) is 7.95. The Kier molecular flexibility index (Phi) is 3.98. The van der Waals surface area contributed by atoms with Gasteiger partial charge in [0.15, 0.2) is 0 Å². The van der Waals surface area contributed by atoms with Gasteiger partial charge >= 0.3 is 0 Å². The van der Waals surface area contributed by atoms with Gasteiger partial charge in [-0.05, 0) is 34.5 Å². The van der Waals surface area contributed by atoms with Crippen LogP contribution in [0, 0.1) is 6.92 Å². The number of rotatable bonds is 0. The maximum atomic E-state index is 4.26. The molecule has 0 nitrogen and oxygen atoms in total. The summed E-state index contributed by atoms with van der Waals surface area (Å²) in [6, 6.07) is 6.02. The second kappa shape index (κ2) is 3.98. The Morgan fingerprint density at radius 1 is 1.40 bits per heavy atom. The predicted octanol–water partition coefficient (Wildman–Crippen LogP) is 3.20. The van der Waals surface area contributed by atoms with E-state index < -0.39 is 0 Å². The normalized spacial score (nSPS) is 8.70. The van der Waals surface area contributed by atoms with Crippen molar-refractivity contribution in [1.29, 1.82) is 0 Å². The maximum Gasteiger partial charge on any atom is 0.0311 e. The minimum atomic E-state index is 0. The molecule has 1 aromatic carbocycles. The smallest absolute Gasteiger partial charge is 0.0311 e. The summed E-state index contributed by atoms with van der Waals surface area (Å²) in [6.45, 7) is 2.03. The highest BCUT2D eigenvalue weighted by Crippen LogP contribution is 2.22. The number of aryl methyl sites for hydroxylation is 1. The van der Waals surface area contributed by atoms with Crippen LogP contribution in [-0.4, -0.2) is 0 Å². The molecular weight excluding hydrogens is 215 g/mol. The number of benzene rings is 1. The molecule has 0 aromatic heterocycles. The third kappa shape index (κ3) is 1.99. The van der Waals surface area contributed by atoms with Crippen LogP contribution in [0.2, 0.25) is 0 Å². The van der Waals surface area contributed by atoms with Crippen LogP contribution in [-0.2, 0) is 0 Å². The first-order valence-corrected chi connectivity index (χ1v) is 3.90. The van der Waals surface area contributed by atoms with Crippen LogP contribution in [0.15, 0.2) is 27.6 Å². The molecule has 0 amide bonds. The minimum absolute atomic E-state index is 0. The first kappa shape index (κ1) is 9.98.